The van der Waals surface area contributed by atoms with Gasteiger partial charge in [-0.15, -0.1) is 11.3 Å². The third kappa shape index (κ3) is 3.75. The summed E-state index contributed by atoms with van der Waals surface area (Å²) in [5.74, 6) is 0. The van der Waals surface area contributed by atoms with Gasteiger partial charge in [-0.3, -0.25) is 4.99 Å². The first-order valence-corrected chi connectivity index (χ1v) is 10.7. The molecule has 0 radical (unpaired) electrons. The first-order chi connectivity index (χ1) is 14.9. The highest BCUT2D eigenvalue weighted by Gasteiger charge is 2.07. The molecule has 0 unspecified atom stereocenters. The number of thiazole rings is 1. The van der Waals surface area contributed by atoms with E-state index in [0.717, 1.165) is 32.5 Å². The number of nitrogens with zero attached hydrogens (tertiary/aromatic N) is 3. The van der Waals surface area contributed by atoms with Crippen LogP contribution >= 0.6 is 11.3 Å². The fourth-order valence-corrected chi connectivity index (χ4v) is 4.23. The number of para-hydroxylation sites is 1. The van der Waals surface area contributed by atoms with Gasteiger partial charge in [-0.2, -0.15) is 5.10 Å². The SMILES string of the molecule is C(=Nn1c(-c2ccccc2)csc1=NCc1ccccc1)c1c[nH]c2ccccc12. The zero-order valence-electron chi connectivity index (χ0n) is 16.3. The Balaban J connectivity index is 1.58. The summed E-state index contributed by atoms with van der Waals surface area (Å²) in [5, 5.41) is 8.11. The van der Waals surface area contributed by atoms with Gasteiger partial charge in [0.05, 0.1) is 18.5 Å². The second-order valence-electron chi connectivity index (χ2n) is 6.92. The molecule has 0 bridgehead atoms. The van der Waals surface area contributed by atoms with Crippen molar-refractivity contribution in [3.8, 4) is 11.3 Å². The van der Waals surface area contributed by atoms with E-state index in [-0.39, 0.29) is 0 Å². The molecule has 5 aromatic rings. The molecule has 30 heavy (non-hydrogen) atoms. The van der Waals surface area contributed by atoms with Crippen molar-refractivity contribution in [2.75, 3.05) is 0 Å². The van der Waals surface area contributed by atoms with Crippen LogP contribution in [-0.4, -0.2) is 15.9 Å². The molecule has 146 valence electrons. The Morgan fingerprint density at radius 1 is 0.867 bits per heavy atom. The molecule has 0 atom stereocenters. The Bertz CT molecular complexity index is 1360. The summed E-state index contributed by atoms with van der Waals surface area (Å²) in [4.78, 5) is 9.02. The monoisotopic (exact) mass is 408 g/mol. The molecule has 0 saturated heterocycles. The Morgan fingerprint density at radius 2 is 1.60 bits per heavy atom. The highest BCUT2D eigenvalue weighted by Crippen LogP contribution is 2.20. The Kier molecular flexibility index (Phi) is 5.10. The van der Waals surface area contributed by atoms with Crippen molar-refractivity contribution in [3.63, 3.8) is 0 Å². The number of fused-ring (bicyclic) bond motifs is 1. The van der Waals surface area contributed by atoms with Gasteiger partial charge in [0.15, 0.2) is 0 Å². The van der Waals surface area contributed by atoms with Gasteiger partial charge in [-0.1, -0.05) is 78.9 Å². The van der Waals surface area contributed by atoms with E-state index in [4.69, 9.17) is 10.1 Å². The number of aromatic nitrogens is 2. The molecular weight excluding hydrogens is 388 g/mol. The van der Waals surface area contributed by atoms with Gasteiger partial charge in [-0.25, -0.2) is 4.68 Å². The fraction of sp³-hybridized carbons (Fsp3) is 0.0400. The smallest absolute Gasteiger partial charge is 0.206 e. The minimum absolute atomic E-state index is 0.623. The van der Waals surface area contributed by atoms with Crippen LogP contribution in [0.4, 0.5) is 0 Å². The fourth-order valence-electron chi connectivity index (χ4n) is 3.39. The molecule has 4 nitrogen and oxygen atoms in total. The van der Waals surface area contributed by atoms with Gasteiger partial charge < -0.3 is 4.98 Å². The maximum atomic E-state index is 4.84. The number of hydrogen-bond donors (Lipinski definition) is 1. The summed E-state index contributed by atoms with van der Waals surface area (Å²) in [5.41, 5.74) is 5.48. The van der Waals surface area contributed by atoms with Crippen molar-refractivity contribution in [2.45, 2.75) is 6.54 Å². The lowest BCUT2D eigenvalue weighted by molar-refractivity contribution is 0.824. The summed E-state index contributed by atoms with van der Waals surface area (Å²) >= 11 is 1.61. The maximum absolute atomic E-state index is 4.84. The Labute approximate surface area is 178 Å². The van der Waals surface area contributed by atoms with Crippen molar-refractivity contribution >= 4 is 28.5 Å². The van der Waals surface area contributed by atoms with E-state index in [1.54, 1.807) is 11.3 Å². The molecule has 0 fully saturated rings. The van der Waals surface area contributed by atoms with E-state index in [1.807, 2.05) is 65.6 Å². The summed E-state index contributed by atoms with van der Waals surface area (Å²) in [6, 6.07) is 28.8. The van der Waals surface area contributed by atoms with Crippen molar-refractivity contribution in [1.82, 2.24) is 9.66 Å². The van der Waals surface area contributed by atoms with Gasteiger partial charge in [0.25, 0.3) is 0 Å². The quantitative estimate of drug-likeness (QED) is 0.364. The molecule has 0 amide bonds. The van der Waals surface area contributed by atoms with Crippen LogP contribution in [0.25, 0.3) is 22.2 Å². The van der Waals surface area contributed by atoms with Crippen LogP contribution in [0.3, 0.4) is 0 Å². The van der Waals surface area contributed by atoms with Crippen LogP contribution in [0.1, 0.15) is 11.1 Å². The minimum Gasteiger partial charge on any atom is -0.361 e. The van der Waals surface area contributed by atoms with Gasteiger partial charge in [0, 0.05) is 33.6 Å². The maximum Gasteiger partial charge on any atom is 0.206 e. The van der Waals surface area contributed by atoms with Crippen LogP contribution < -0.4 is 4.80 Å². The highest BCUT2D eigenvalue weighted by atomic mass is 32.1. The average Bonchev–Trinajstić information content (AvgIpc) is 3.41. The Hall–Kier alpha value is -3.70. The molecule has 0 aliphatic carbocycles. The predicted molar refractivity (Wildman–Crippen MR) is 125 cm³/mol. The molecular formula is C25H20N4S. The first kappa shape index (κ1) is 18.3. The zero-order valence-corrected chi connectivity index (χ0v) is 17.1. The lowest BCUT2D eigenvalue weighted by atomic mass is 10.2. The van der Waals surface area contributed by atoms with Crippen molar-refractivity contribution in [1.29, 1.82) is 0 Å². The summed E-state index contributed by atoms with van der Waals surface area (Å²) in [6.07, 6.45) is 3.89. The Morgan fingerprint density at radius 3 is 2.43 bits per heavy atom. The van der Waals surface area contributed by atoms with E-state index in [2.05, 4.69) is 46.8 Å². The lowest BCUT2D eigenvalue weighted by Gasteiger charge is -2.03. The van der Waals surface area contributed by atoms with Gasteiger partial charge >= 0.3 is 0 Å². The van der Waals surface area contributed by atoms with E-state index in [9.17, 15) is 0 Å². The second-order valence-corrected chi connectivity index (χ2v) is 7.75. The number of nitrogens with one attached hydrogen (secondary N) is 1. The summed E-state index contributed by atoms with van der Waals surface area (Å²) < 4.78 is 1.94. The number of rotatable bonds is 5. The second kappa shape index (κ2) is 8.35. The minimum atomic E-state index is 0.623. The number of hydrogen-bond acceptors (Lipinski definition) is 3. The van der Waals surface area contributed by atoms with E-state index < -0.39 is 0 Å². The van der Waals surface area contributed by atoms with Crippen molar-refractivity contribution < 1.29 is 0 Å². The number of aromatic amines is 1. The topological polar surface area (TPSA) is 45.4 Å². The standard InChI is InChI=1S/C25H20N4S/c1-3-9-19(10-4-1)15-27-25-29(24(18-30-25)20-11-5-2-6-12-20)28-17-21-16-26-23-14-8-7-13-22(21)23/h1-14,16-18,26H,15H2. The largest absolute Gasteiger partial charge is 0.361 e. The van der Waals surface area contributed by atoms with E-state index in [0.29, 0.717) is 6.54 Å². The van der Waals surface area contributed by atoms with Gasteiger partial charge in [-0.05, 0) is 11.6 Å². The number of benzene rings is 3. The van der Waals surface area contributed by atoms with Crippen molar-refractivity contribution in [3.05, 3.63) is 112 Å². The van der Waals surface area contributed by atoms with Crippen LogP contribution in [0, 0.1) is 0 Å². The predicted octanol–water partition coefficient (Wildman–Crippen LogP) is 5.68. The van der Waals surface area contributed by atoms with E-state index >= 15 is 0 Å². The molecule has 0 aliphatic rings. The lowest BCUT2D eigenvalue weighted by Crippen LogP contribution is -2.12. The summed E-state index contributed by atoms with van der Waals surface area (Å²) in [7, 11) is 0. The molecule has 0 spiro atoms. The van der Waals surface area contributed by atoms with Crippen LogP contribution in [-0.2, 0) is 6.54 Å². The first-order valence-electron chi connectivity index (χ1n) is 9.79. The molecule has 3 aromatic carbocycles. The molecule has 5 heteroatoms. The van der Waals surface area contributed by atoms with Crippen LogP contribution in [0.2, 0.25) is 0 Å². The molecule has 5 rings (SSSR count). The normalized spacial score (nSPS) is 12.2. The molecule has 2 heterocycles. The molecule has 0 aliphatic heterocycles. The van der Waals surface area contributed by atoms with Gasteiger partial charge in [0.1, 0.15) is 0 Å². The summed E-state index contributed by atoms with van der Waals surface area (Å²) in [6.45, 7) is 0.623. The third-order valence-corrected chi connectivity index (χ3v) is 5.78. The molecule has 1 N–H and O–H groups in total. The van der Waals surface area contributed by atoms with Crippen molar-refractivity contribution in [2.24, 2.45) is 10.1 Å². The number of H-pyrrole nitrogens is 1. The molecule has 0 saturated carbocycles. The van der Waals surface area contributed by atoms with Crippen LogP contribution in [0.15, 0.2) is 107 Å². The van der Waals surface area contributed by atoms with Gasteiger partial charge in [0.2, 0.25) is 4.80 Å². The van der Waals surface area contributed by atoms with E-state index in [1.165, 1.54) is 5.56 Å². The zero-order chi connectivity index (χ0) is 20.2. The average molecular weight is 409 g/mol. The highest BCUT2D eigenvalue weighted by molar-refractivity contribution is 7.07. The van der Waals surface area contributed by atoms with Crippen LogP contribution in [0.5, 0.6) is 0 Å². The third-order valence-electron chi connectivity index (χ3n) is 4.93. The molecule has 2 aromatic heterocycles.